The summed E-state index contributed by atoms with van der Waals surface area (Å²) in [4.78, 5) is 19.6. The molecule has 2 aromatic heterocycles. The van der Waals surface area contributed by atoms with Gasteiger partial charge in [-0.05, 0) is 39.0 Å². The summed E-state index contributed by atoms with van der Waals surface area (Å²) in [7, 11) is 2.03. The van der Waals surface area contributed by atoms with E-state index in [0.717, 1.165) is 67.9 Å². The maximum Gasteiger partial charge on any atom is 0.276 e. The number of amides is 1. The molecule has 1 aliphatic carbocycles. The van der Waals surface area contributed by atoms with Gasteiger partial charge in [-0.15, -0.1) is 0 Å². The Balaban J connectivity index is 1.55. The van der Waals surface area contributed by atoms with Crippen molar-refractivity contribution in [1.82, 2.24) is 19.6 Å². The fraction of sp³-hybridized carbons (Fsp3) is 0.611. The lowest BCUT2D eigenvalue weighted by molar-refractivity contribution is 0.0692. The highest BCUT2D eigenvalue weighted by molar-refractivity contribution is 5.94. The van der Waals surface area contributed by atoms with Crippen LogP contribution in [0.4, 0.5) is 0 Å². The number of hydrogen-bond donors (Lipinski definition) is 0. The van der Waals surface area contributed by atoms with Crippen molar-refractivity contribution in [3.8, 4) is 0 Å². The van der Waals surface area contributed by atoms with Gasteiger partial charge in [-0.2, -0.15) is 0 Å². The van der Waals surface area contributed by atoms with Gasteiger partial charge in [-0.3, -0.25) is 4.79 Å². The van der Waals surface area contributed by atoms with E-state index in [4.69, 9.17) is 4.52 Å². The highest BCUT2D eigenvalue weighted by Crippen LogP contribution is 2.29. The topological polar surface area (TPSA) is 64.2 Å². The molecule has 0 unspecified atom stereocenters. The first-order valence-corrected chi connectivity index (χ1v) is 8.90. The average Bonchev–Trinajstić information content (AvgIpc) is 3.17. The summed E-state index contributed by atoms with van der Waals surface area (Å²) in [5.74, 6) is 2.31. The number of imidazole rings is 1. The van der Waals surface area contributed by atoms with Gasteiger partial charge in [0.1, 0.15) is 11.6 Å². The van der Waals surface area contributed by atoms with Crippen LogP contribution in [0.2, 0.25) is 0 Å². The predicted molar refractivity (Wildman–Crippen MR) is 89.0 cm³/mol. The van der Waals surface area contributed by atoms with Crippen LogP contribution in [0.5, 0.6) is 0 Å². The molecule has 6 heteroatoms. The minimum absolute atomic E-state index is 0.0255. The molecule has 0 bridgehead atoms. The number of rotatable bonds is 2. The Kier molecular flexibility index (Phi) is 3.90. The van der Waals surface area contributed by atoms with Gasteiger partial charge in [0.2, 0.25) is 0 Å². The van der Waals surface area contributed by atoms with Crippen LogP contribution in [0, 0.1) is 6.92 Å². The van der Waals surface area contributed by atoms with E-state index in [2.05, 4.69) is 14.7 Å². The molecular formula is C18H24N4O2. The third-order valence-electron chi connectivity index (χ3n) is 5.26. The molecule has 0 spiro atoms. The smallest absolute Gasteiger partial charge is 0.276 e. The Morgan fingerprint density at radius 3 is 2.92 bits per heavy atom. The molecule has 1 amide bonds. The number of fused-ring (bicyclic) bond motifs is 1. The standard InChI is InChI=1S/C18H24N4O2/c1-12-10-21(2)17(19-12)13-6-5-9-22(11-13)18(23)16-14-7-3-4-8-15(14)24-20-16/h10,13H,3-9,11H2,1-2H3/t13-/m1/s1. The van der Waals surface area contributed by atoms with Crippen LogP contribution in [-0.4, -0.2) is 38.6 Å². The van der Waals surface area contributed by atoms with Crippen LogP contribution < -0.4 is 0 Å². The van der Waals surface area contributed by atoms with Crippen molar-refractivity contribution < 1.29 is 9.32 Å². The van der Waals surface area contributed by atoms with Gasteiger partial charge < -0.3 is 14.0 Å². The zero-order valence-corrected chi connectivity index (χ0v) is 14.4. The van der Waals surface area contributed by atoms with Gasteiger partial charge in [0.25, 0.3) is 5.91 Å². The Morgan fingerprint density at radius 2 is 2.12 bits per heavy atom. The van der Waals surface area contributed by atoms with Crippen molar-refractivity contribution in [3.05, 3.63) is 34.7 Å². The molecule has 1 fully saturated rings. The van der Waals surface area contributed by atoms with Gasteiger partial charge in [0.05, 0.1) is 5.69 Å². The average molecular weight is 328 g/mol. The van der Waals surface area contributed by atoms with Crippen molar-refractivity contribution >= 4 is 5.91 Å². The Hall–Kier alpha value is -2.11. The number of carbonyl (C=O) groups is 1. The van der Waals surface area contributed by atoms with Crippen molar-refractivity contribution in [2.75, 3.05) is 13.1 Å². The van der Waals surface area contributed by atoms with E-state index in [9.17, 15) is 4.79 Å². The minimum Gasteiger partial charge on any atom is -0.360 e. The first-order chi connectivity index (χ1) is 11.6. The number of nitrogens with zero attached hydrogens (tertiary/aromatic N) is 4. The quantitative estimate of drug-likeness (QED) is 0.850. The summed E-state index contributed by atoms with van der Waals surface area (Å²) >= 11 is 0. The molecule has 24 heavy (non-hydrogen) atoms. The lowest BCUT2D eigenvalue weighted by atomic mass is 9.94. The maximum absolute atomic E-state index is 13.0. The monoisotopic (exact) mass is 328 g/mol. The van der Waals surface area contributed by atoms with E-state index in [-0.39, 0.29) is 5.91 Å². The predicted octanol–water partition coefficient (Wildman–Crippen LogP) is 2.62. The normalized spacial score (nSPS) is 20.9. The highest BCUT2D eigenvalue weighted by Gasteiger charge is 2.32. The zero-order chi connectivity index (χ0) is 16.7. The molecule has 3 heterocycles. The molecule has 4 rings (SSSR count). The van der Waals surface area contributed by atoms with E-state index >= 15 is 0 Å². The lowest BCUT2D eigenvalue weighted by Gasteiger charge is -2.32. The first kappa shape index (κ1) is 15.4. The molecular weight excluding hydrogens is 304 g/mol. The second-order valence-corrected chi connectivity index (χ2v) is 7.08. The van der Waals surface area contributed by atoms with E-state index in [1.807, 2.05) is 25.1 Å². The third-order valence-corrected chi connectivity index (χ3v) is 5.26. The largest absolute Gasteiger partial charge is 0.360 e. The number of likely N-dealkylation sites (tertiary alicyclic amines) is 1. The molecule has 2 aromatic rings. The SMILES string of the molecule is Cc1cn(C)c([C@@H]2CCCN(C(=O)c3noc4c3CCCC4)C2)n1. The Bertz CT molecular complexity index is 761. The summed E-state index contributed by atoms with van der Waals surface area (Å²) < 4.78 is 7.51. The Morgan fingerprint density at radius 1 is 1.29 bits per heavy atom. The van der Waals surface area contributed by atoms with E-state index in [0.29, 0.717) is 18.2 Å². The molecule has 128 valence electrons. The van der Waals surface area contributed by atoms with E-state index in [1.54, 1.807) is 0 Å². The molecule has 0 aromatic carbocycles. The van der Waals surface area contributed by atoms with E-state index in [1.165, 1.54) is 0 Å². The molecule has 2 aliphatic rings. The van der Waals surface area contributed by atoms with Crippen LogP contribution in [0.15, 0.2) is 10.7 Å². The first-order valence-electron chi connectivity index (χ1n) is 8.90. The fourth-order valence-corrected chi connectivity index (χ4v) is 4.09. The zero-order valence-electron chi connectivity index (χ0n) is 14.4. The number of piperidine rings is 1. The summed E-state index contributed by atoms with van der Waals surface area (Å²) in [6.45, 7) is 3.52. The van der Waals surface area contributed by atoms with Gasteiger partial charge in [-0.1, -0.05) is 5.16 Å². The summed E-state index contributed by atoms with van der Waals surface area (Å²) in [5, 5.41) is 4.11. The molecule has 1 aliphatic heterocycles. The third kappa shape index (κ3) is 2.64. The molecule has 0 N–H and O–H groups in total. The fourth-order valence-electron chi connectivity index (χ4n) is 4.09. The molecule has 6 nitrogen and oxygen atoms in total. The van der Waals surface area contributed by atoms with Crippen LogP contribution in [0.1, 0.15) is 64.9 Å². The lowest BCUT2D eigenvalue weighted by Crippen LogP contribution is -2.40. The Labute approximate surface area is 141 Å². The number of aryl methyl sites for hydroxylation is 3. The maximum atomic E-state index is 13.0. The number of carbonyl (C=O) groups excluding carboxylic acids is 1. The minimum atomic E-state index is 0.0255. The van der Waals surface area contributed by atoms with Crippen LogP contribution in [-0.2, 0) is 19.9 Å². The summed E-state index contributed by atoms with van der Waals surface area (Å²) in [5.41, 5.74) is 2.61. The van der Waals surface area contributed by atoms with Gasteiger partial charge in [0, 0.05) is 44.2 Å². The van der Waals surface area contributed by atoms with Gasteiger partial charge in [-0.25, -0.2) is 4.98 Å². The summed E-state index contributed by atoms with van der Waals surface area (Å²) in [6, 6.07) is 0. The number of aromatic nitrogens is 3. The van der Waals surface area contributed by atoms with Crippen LogP contribution in [0.25, 0.3) is 0 Å². The second kappa shape index (κ2) is 6.07. The molecule has 1 saturated heterocycles. The van der Waals surface area contributed by atoms with Crippen molar-refractivity contribution in [2.45, 2.75) is 51.4 Å². The van der Waals surface area contributed by atoms with Crippen molar-refractivity contribution in [3.63, 3.8) is 0 Å². The summed E-state index contributed by atoms with van der Waals surface area (Å²) in [6.07, 6.45) is 8.18. The number of hydrogen-bond acceptors (Lipinski definition) is 4. The molecule has 0 radical (unpaired) electrons. The van der Waals surface area contributed by atoms with Crippen molar-refractivity contribution in [1.29, 1.82) is 0 Å². The van der Waals surface area contributed by atoms with Gasteiger partial charge >= 0.3 is 0 Å². The molecule has 1 atom stereocenters. The second-order valence-electron chi connectivity index (χ2n) is 7.08. The van der Waals surface area contributed by atoms with Gasteiger partial charge in [0.15, 0.2) is 5.69 Å². The van der Waals surface area contributed by atoms with Crippen LogP contribution in [0.3, 0.4) is 0 Å². The van der Waals surface area contributed by atoms with E-state index < -0.39 is 0 Å². The highest BCUT2D eigenvalue weighted by atomic mass is 16.5. The molecule has 0 saturated carbocycles. The van der Waals surface area contributed by atoms with Crippen LogP contribution >= 0.6 is 0 Å². The van der Waals surface area contributed by atoms with Crippen molar-refractivity contribution in [2.24, 2.45) is 7.05 Å².